The lowest BCUT2D eigenvalue weighted by molar-refractivity contribution is -0.127. The fourth-order valence-corrected chi connectivity index (χ4v) is 3.67. The van der Waals surface area contributed by atoms with Gasteiger partial charge in [-0.05, 0) is 57.0 Å². The molecule has 7 nitrogen and oxygen atoms in total. The lowest BCUT2D eigenvalue weighted by Crippen LogP contribution is -2.38. The molecule has 4 rings (SSSR count). The molecular formula is C23H25N5O2. The molecule has 154 valence electrons. The van der Waals surface area contributed by atoms with Crippen LogP contribution in [0.5, 0.6) is 0 Å². The molecule has 1 atom stereocenters. The molecule has 0 spiro atoms. The first-order valence-corrected chi connectivity index (χ1v) is 10.1. The highest BCUT2D eigenvalue weighted by Gasteiger charge is 2.25. The molecule has 1 fully saturated rings. The van der Waals surface area contributed by atoms with Gasteiger partial charge in [0.05, 0.1) is 12.0 Å². The van der Waals surface area contributed by atoms with Gasteiger partial charge in [-0.3, -0.25) is 4.79 Å². The number of nitrogens with zero attached hydrogens (tertiary/aromatic N) is 4. The maximum absolute atomic E-state index is 12.6. The van der Waals surface area contributed by atoms with Crippen molar-refractivity contribution in [2.45, 2.75) is 32.6 Å². The number of nitrogens with one attached hydrogen (secondary N) is 1. The Balaban J connectivity index is 1.47. The minimum Gasteiger partial charge on any atom is -0.465 e. The second-order valence-corrected chi connectivity index (χ2v) is 7.49. The quantitative estimate of drug-likeness (QED) is 0.642. The van der Waals surface area contributed by atoms with Crippen LogP contribution in [0.3, 0.4) is 0 Å². The van der Waals surface area contributed by atoms with Crippen molar-refractivity contribution in [2.75, 3.05) is 18.4 Å². The van der Waals surface area contributed by atoms with Crippen LogP contribution in [-0.2, 0) is 4.79 Å². The lowest BCUT2D eigenvalue weighted by atomic mass is 9.94. The van der Waals surface area contributed by atoms with Crippen LogP contribution in [0.4, 0.5) is 11.6 Å². The number of pyridine rings is 1. The van der Waals surface area contributed by atoms with Crippen molar-refractivity contribution < 1.29 is 9.21 Å². The molecule has 0 bridgehead atoms. The smallest absolute Gasteiger partial charge is 0.246 e. The normalized spacial score (nSPS) is 16.7. The van der Waals surface area contributed by atoms with E-state index in [1.807, 2.05) is 49.1 Å². The van der Waals surface area contributed by atoms with Crippen LogP contribution in [0, 0.1) is 13.8 Å². The molecule has 1 saturated heterocycles. The molecule has 1 aliphatic heterocycles. The topological polar surface area (TPSA) is 84.2 Å². The van der Waals surface area contributed by atoms with Crippen LogP contribution in [-0.4, -0.2) is 38.8 Å². The average molecular weight is 403 g/mol. The molecule has 3 aromatic rings. The van der Waals surface area contributed by atoms with E-state index in [4.69, 9.17) is 4.42 Å². The van der Waals surface area contributed by atoms with Crippen molar-refractivity contribution >= 4 is 23.6 Å². The Kier molecular flexibility index (Phi) is 5.88. The summed E-state index contributed by atoms with van der Waals surface area (Å²) in [6, 6.07) is 11.4. The minimum atomic E-state index is -0.0100. The monoisotopic (exact) mass is 403 g/mol. The van der Waals surface area contributed by atoms with E-state index < -0.39 is 0 Å². The molecule has 0 radical (unpaired) electrons. The summed E-state index contributed by atoms with van der Waals surface area (Å²) in [6.07, 6.45) is 6.80. The van der Waals surface area contributed by atoms with E-state index in [9.17, 15) is 4.79 Å². The number of carbonyl (C=O) groups excluding carboxylic acids is 1. The summed E-state index contributed by atoms with van der Waals surface area (Å²) in [7, 11) is 0. The van der Waals surface area contributed by atoms with Gasteiger partial charge in [0.2, 0.25) is 5.91 Å². The van der Waals surface area contributed by atoms with Crippen molar-refractivity contribution in [2.24, 2.45) is 0 Å². The van der Waals surface area contributed by atoms with E-state index in [0.717, 1.165) is 42.4 Å². The first-order chi connectivity index (χ1) is 14.6. The Hall–Kier alpha value is -3.48. The molecule has 1 unspecified atom stereocenters. The van der Waals surface area contributed by atoms with Crippen molar-refractivity contribution in [1.29, 1.82) is 0 Å². The second-order valence-electron chi connectivity index (χ2n) is 7.49. The van der Waals surface area contributed by atoms with E-state index in [0.29, 0.717) is 18.1 Å². The van der Waals surface area contributed by atoms with Crippen molar-refractivity contribution in [3.8, 4) is 0 Å². The SMILES string of the molecule is Cc1cccc(Nc2cc(C3CCCN(C(=O)/C=C/c4ccco4)C3)nc(C)n2)n1. The van der Waals surface area contributed by atoms with E-state index in [2.05, 4.69) is 20.3 Å². The molecule has 1 amide bonds. The number of aromatic nitrogens is 3. The average Bonchev–Trinajstić information content (AvgIpc) is 3.25. The van der Waals surface area contributed by atoms with E-state index in [1.54, 1.807) is 24.5 Å². The zero-order chi connectivity index (χ0) is 20.9. The predicted octanol–water partition coefficient (Wildman–Crippen LogP) is 4.24. The first-order valence-electron chi connectivity index (χ1n) is 10.1. The summed E-state index contributed by atoms with van der Waals surface area (Å²) in [5.74, 6) is 3.00. The highest BCUT2D eigenvalue weighted by atomic mass is 16.3. The lowest BCUT2D eigenvalue weighted by Gasteiger charge is -2.32. The van der Waals surface area contributed by atoms with Gasteiger partial charge in [-0.1, -0.05) is 6.07 Å². The van der Waals surface area contributed by atoms with Crippen molar-refractivity contribution in [1.82, 2.24) is 19.9 Å². The van der Waals surface area contributed by atoms with Gasteiger partial charge in [-0.15, -0.1) is 0 Å². The van der Waals surface area contributed by atoms with E-state index in [-0.39, 0.29) is 11.8 Å². The molecule has 1 N–H and O–H groups in total. The predicted molar refractivity (Wildman–Crippen MR) is 115 cm³/mol. The third-order valence-electron chi connectivity index (χ3n) is 5.09. The van der Waals surface area contributed by atoms with Crippen LogP contribution in [0.15, 0.2) is 53.2 Å². The number of rotatable bonds is 5. The van der Waals surface area contributed by atoms with Gasteiger partial charge in [0.15, 0.2) is 0 Å². The van der Waals surface area contributed by atoms with Crippen LogP contribution in [0.1, 0.15) is 41.7 Å². The molecule has 0 saturated carbocycles. The molecule has 4 heterocycles. The molecule has 30 heavy (non-hydrogen) atoms. The Labute approximate surface area is 175 Å². The summed E-state index contributed by atoms with van der Waals surface area (Å²) in [6.45, 7) is 5.23. The number of aryl methyl sites for hydroxylation is 2. The highest BCUT2D eigenvalue weighted by Crippen LogP contribution is 2.28. The number of furan rings is 1. The van der Waals surface area contributed by atoms with Crippen molar-refractivity contribution in [3.63, 3.8) is 0 Å². The zero-order valence-electron chi connectivity index (χ0n) is 17.2. The van der Waals surface area contributed by atoms with Gasteiger partial charge < -0.3 is 14.6 Å². The maximum atomic E-state index is 12.6. The Morgan fingerprint density at radius 1 is 1.17 bits per heavy atom. The standard InChI is InChI=1S/C23H25N5O2/c1-16-6-3-9-21(24-16)27-22-14-20(25-17(2)26-22)18-7-4-12-28(15-18)23(29)11-10-19-8-5-13-30-19/h3,5-6,8-11,13-14,18H,4,7,12,15H2,1-2H3,(H,24,25,26,27)/b11-10+. The molecule has 1 aliphatic rings. The number of hydrogen-bond acceptors (Lipinski definition) is 6. The first kappa shape index (κ1) is 19.8. The molecular weight excluding hydrogens is 378 g/mol. The van der Waals surface area contributed by atoms with Crippen LogP contribution >= 0.6 is 0 Å². The van der Waals surface area contributed by atoms with E-state index in [1.165, 1.54) is 0 Å². The molecule has 3 aromatic heterocycles. The number of carbonyl (C=O) groups is 1. The zero-order valence-corrected chi connectivity index (χ0v) is 17.2. The summed E-state index contributed by atoms with van der Waals surface area (Å²) in [5, 5.41) is 3.27. The molecule has 0 aromatic carbocycles. The summed E-state index contributed by atoms with van der Waals surface area (Å²) in [5.41, 5.74) is 1.89. The number of anilines is 2. The Bertz CT molecular complexity index is 1050. The second kappa shape index (κ2) is 8.90. The van der Waals surface area contributed by atoms with Gasteiger partial charge in [0, 0.05) is 36.8 Å². The van der Waals surface area contributed by atoms with Crippen LogP contribution in [0.2, 0.25) is 0 Å². The minimum absolute atomic E-state index is 0.0100. The maximum Gasteiger partial charge on any atom is 0.246 e. The highest BCUT2D eigenvalue weighted by molar-refractivity contribution is 5.91. The fraction of sp³-hybridized carbons (Fsp3) is 0.304. The van der Waals surface area contributed by atoms with E-state index >= 15 is 0 Å². The van der Waals surface area contributed by atoms with Gasteiger partial charge in [0.25, 0.3) is 0 Å². The number of hydrogen-bond donors (Lipinski definition) is 1. The van der Waals surface area contributed by atoms with Gasteiger partial charge in [-0.25, -0.2) is 15.0 Å². The van der Waals surface area contributed by atoms with Crippen LogP contribution in [0.25, 0.3) is 6.08 Å². The Morgan fingerprint density at radius 3 is 2.87 bits per heavy atom. The third kappa shape index (κ3) is 4.92. The number of amides is 1. The summed E-state index contributed by atoms with van der Waals surface area (Å²) >= 11 is 0. The number of piperidine rings is 1. The van der Waals surface area contributed by atoms with Gasteiger partial charge in [0.1, 0.15) is 23.2 Å². The fourth-order valence-electron chi connectivity index (χ4n) is 3.67. The number of likely N-dealkylation sites (tertiary alicyclic amines) is 1. The molecule has 7 heteroatoms. The molecule has 0 aliphatic carbocycles. The summed E-state index contributed by atoms with van der Waals surface area (Å²) < 4.78 is 5.26. The van der Waals surface area contributed by atoms with Gasteiger partial charge in [-0.2, -0.15) is 0 Å². The van der Waals surface area contributed by atoms with Crippen molar-refractivity contribution in [3.05, 3.63) is 71.7 Å². The van der Waals surface area contributed by atoms with Gasteiger partial charge >= 0.3 is 0 Å². The Morgan fingerprint density at radius 2 is 2.07 bits per heavy atom. The van der Waals surface area contributed by atoms with Crippen LogP contribution < -0.4 is 5.32 Å². The third-order valence-corrected chi connectivity index (χ3v) is 5.09. The summed E-state index contributed by atoms with van der Waals surface area (Å²) in [4.78, 5) is 28.1. The largest absolute Gasteiger partial charge is 0.465 e.